The first-order valence-electron chi connectivity index (χ1n) is 13.4. The highest BCUT2D eigenvalue weighted by atomic mass is 35.5. The lowest BCUT2D eigenvalue weighted by atomic mass is 9.82. The summed E-state index contributed by atoms with van der Waals surface area (Å²) in [6.45, 7) is 4.05. The number of amides is 1. The molecular formula is C31H33ClF2N2O3. The molecule has 0 unspecified atom stereocenters. The highest BCUT2D eigenvalue weighted by molar-refractivity contribution is 6.34. The van der Waals surface area contributed by atoms with Crippen LogP contribution in [0.4, 0.5) is 8.78 Å². The van der Waals surface area contributed by atoms with Crippen molar-refractivity contribution in [2.75, 3.05) is 6.54 Å². The molecule has 3 aromatic carbocycles. The molecule has 0 bridgehead atoms. The number of hydrogen-bond acceptors (Lipinski definition) is 4. The highest BCUT2D eigenvalue weighted by Gasteiger charge is 2.44. The van der Waals surface area contributed by atoms with E-state index in [-0.39, 0.29) is 39.9 Å². The fourth-order valence-corrected chi connectivity index (χ4v) is 6.16. The van der Waals surface area contributed by atoms with E-state index in [0.29, 0.717) is 36.9 Å². The van der Waals surface area contributed by atoms with Crippen LogP contribution in [0.1, 0.15) is 66.6 Å². The third-order valence-corrected chi connectivity index (χ3v) is 8.58. The average Bonchev–Trinajstić information content (AvgIpc) is 3.28. The summed E-state index contributed by atoms with van der Waals surface area (Å²) in [5.41, 5.74) is 5.74. The van der Waals surface area contributed by atoms with Gasteiger partial charge in [-0.15, -0.1) is 0 Å². The molecule has 1 fully saturated rings. The topological polar surface area (TPSA) is 84.6 Å². The fourth-order valence-electron chi connectivity index (χ4n) is 5.90. The molecule has 1 saturated carbocycles. The second-order valence-corrected chi connectivity index (χ2v) is 11.4. The zero-order valence-electron chi connectivity index (χ0n) is 22.1. The van der Waals surface area contributed by atoms with Crippen LogP contribution in [0.3, 0.4) is 0 Å². The van der Waals surface area contributed by atoms with E-state index in [9.17, 15) is 9.90 Å². The number of ether oxygens (including phenoxy) is 1. The van der Waals surface area contributed by atoms with E-state index in [0.717, 1.165) is 18.4 Å². The van der Waals surface area contributed by atoms with E-state index >= 15 is 8.78 Å². The summed E-state index contributed by atoms with van der Waals surface area (Å²) in [5.74, 6) is -1.99. The number of hydrogen-bond donors (Lipinski definition) is 3. The molecule has 1 aliphatic heterocycles. The Balaban J connectivity index is 1.61. The van der Waals surface area contributed by atoms with Crippen molar-refractivity contribution in [2.45, 2.75) is 69.6 Å². The molecule has 1 amide bonds. The number of fused-ring (bicyclic) bond motifs is 1. The van der Waals surface area contributed by atoms with Crippen LogP contribution in [0.2, 0.25) is 5.02 Å². The van der Waals surface area contributed by atoms with Crippen LogP contribution in [0, 0.1) is 11.6 Å². The molecule has 2 aliphatic rings. The standard InChI is InChI=1S/C31H33ClF2N2O3/c1-3-18-9-10-21(29(35)37)26(28(18)34)25-22-16-31(19-7-5-4-6-8-19,39-24(22)15-23(33)27(25)32)17-36-20-11-13-30(2,38)14-12-20/h4-10,15,20,36,38H,3,11-14,16-17H2,1-2H3,(H2,35,37)/t20?,30?,31-/m1/s1. The first-order chi connectivity index (χ1) is 18.5. The van der Waals surface area contributed by atoms with Gasteiger partial charge in [0.25, 0.3) is 0 Å². The summed E-state index contributed by atoms with van der Waals surface area (Å²) in [6, 6.07) is 14.0. The fraction of sp³-hybridized carbons (Fsp3) is 0.387. The van der Waals surface area contributed by atoms with Crippen molar-refractivity contribution in [3.8, 4) is 16.9 Å². The smallest absolute Gasteiger partial charge is 0.249 e. The van der Waals surface area contributed by atoms with Crippen LogP contribution < -0.4 is 15.8 Å². The molecule has 1 heterocycles. The van der Waals surface area contributed by atoms with Gasteiger partial charge in [0.2, 0.25) is 5.91 Å². The molecule has 4 N–H and O–H groups in total. The second kappa shape index (κ2) is 10.5. The Morgan fingerprint density at radius 3 is 2.49 bits per heavy atom. The van der Waals surface area contributed by atoms with Gasteiger partial charge in [-0.3, -0.25) is 4.79 Å². The second-order valence-electron chi connectivity index (χ2n) is 11.0. The third kappa shape index (κ3) is 5.15. The third-order valence-electron chi connectivity index (χ3n) is 8.21. The molecule has 0 radical (unpaired) electrons. The number of aryl methyl sites for hydroxylation is 1. The minimum atomic E-state index is -0.929. The summed E-state index contributed by atoms with van der Waals surface area (Å²) in [5, 5.41) is 13.7. The Labute approximate surface area is 232 Å². The predicted octanol–water partition coefficient (Wildman–Crippen LogP) is 6.06. The van der Waals surface area contributed by atoms with Gasteiger partial charge in [-0.25, -0.2) is 8.78 Å². The zero-order valence-corrected chi connectivity index (χ0v) is 22.9. The maximum absolute atomic E-state index is 15.9. The van der Waals surface area contributed by atoms with Crippen molar-refractivity contribution >= 4 is 17.5 Å². The first-order valence-corrected chi connectivity index (χ1v) is 13.8. The summed E-state index contributed by atoms with van der Waals surface area (Å²) in [4.78, 5) is 12.4. The van der Waals surface area contributed by atoms with Crippen molar-refractivity contribution in [3.63, 3.8) is 0 Å². The summed E-state index contributed by atoms with van der Waals surface area (Å²) >= 11 is 6.53. The lowest BCUT2D eigenvalue weighted by molar-refractivity contribution is 0.0104. The number of primary amides is 1. The summed E-state index contributed by atoms with van der Waals surface area (Å²) in [7, 11) is 0. The maximum atomic E-state index is 15.9. The van der Waals surface area contributed by atoms with Crippen LogP contribution in [-0.4, -0.2) is 29.2 Å². The van der Waals surface area contributed by atoms with Gasteiger partial charge < -0.3 is 20.9 Å². The van der Waals surface area contributed by atoms with Gasteiger partial charge in [0.15, 0.2) is 5.60 Å². The number of halogens is 3. The molecular weight excluding hydrogens is 522 g/mol. The van der Waals surface area contributed by atoms with Gasteiger partial charge in [-0.1, -0.05) is 54.9 Å². The van der Waals surface area contributed by atoms with E-state index in [4.69, 9.17) is 22.1 Å². The van der Waals surface area contributed by atoms with E-state index in [2.05, 4.69) is 5.32 Å². The minimum absolute atomic E-state index is 0.0657. The van der Waals surface area contributed by atoms with Gasteiger partial charge in [0.05, 0.1) is 10.6 Å². The van der Waals surface area contributed by atoms with E-state index in [1.807, 2.05) is 37.3 Å². The monoisotopic (exact) mass is 554 g/mol. The number of aliphatic hydroxyl groups is 1. The Morgan fingerprint density at radius 1 is 1.15 bits per heavy atom. The zero-order chi connectivity index (χ0) is 27.9. The van der Waals surface area contributed by atoms with E-state index in [1.165, 1.54) is 18.2 Å². The number of benzene rings is 3. The molecule has 8 heteroatoms. The Hall–Kier alpha value is -3.00. The number of carbonyl (C=O) groups is 1. The lowest BCUT2D eigenvalue weighted by Gasteiger charge is -2.36. The molecule has 1 aliphatic carbocycles. The number of rotatable bonds is 7. The van der Waals surface area contributed by atoms with Crippen molar-refractivity contribution in [1.82, 2.24) is 5.32 Å². The predicted molar refractivity (Wildman–Crippen MR) is 148 cm³/mol. The van der Waals surface area contributed by atoms with Crippen molar-refractivity contribution in [1.29, 1.82) is 0 Å². The van der Waals surface area contributed by atoms with Crippen LogP contribution in [0.25, 0.3) is 11.1 Å². The van der Waals surface area contributed by atoms with E-state index in [1.54, 1.807) is 6.92 Å². The first kappa shape index (κ1) is 27.6. The molecule has 5 nitrogen and oxygen atoms in total. The number of nitrogens with two attached hydrogens (primary N) is 1. The maximum Gasteiger partial charge on any atom is 0.249 e. The molecule has 0 spiro atoms. The van der Waals surface area contributed by atoms with Crippen LogP contribution in [0.5, 0.6) is 5.75 Å². The summed E-state index contributed by atoms with van der Waals surface area (Å²) in [6.07, 6.45) is 3.65. The molecule has 206 valence electrons. The molecule has 5 rings (SSSR count). The van der Waals surface area contributed by atoms with Gasteiger partial charge in [0.1, 0.15) is 17.4 Å². The largest absolute Gasteiger partial charge is 0.480 e. The van der Waals surface area contributed by atoms with E-state index < -0.39 is 28.7 Å². The lowest BCUT2D eigenvalue weighted by Crippen LogP contribution is -2.48. The van der Waals surface area contributed by atoms with Gasteiger partial charge >= 0.3 is 0 Å². The van der Waals surface area contributed by atoms with Gasteiger partial charge in [0, 0.05) is 47.3 Å². The number of nitrogens with one attached hydrogen (secondary N) is 1. The highest BCUT2D eigenvalue weighted by Crippen LogP contribution is 2.50. The summed E-state index contributed by atoms with van der Waals surface area (Å²) < 4.78 is 37.7. The molecule has 0 saturated heterocycles. The Bertz CT molecular complexity index is 1400. The Morgan fingerprint density at radius 2 is 1.85 bits per heavy atom. The van der Waals surface area contributed by atoms with Crippen molar-refractivity contribution in [2.24, 2.45) is 5.73 Å². The quantitative estimate of drug-likeness (QED) is 0.331. The molecule has 1 atom stereocenters. The number of carbonyl (C=O) groups excluding carboxylic acids is 1. The average molecular weight is 555 g/mol. The van der Waals surface area contributed by atoms with Gasteiger partial charge in [-0.2, -0.15) is 0 Å². The molecule has 0 aromatic heterocycles. The molecule has 39 heavy (non-hydrogen) atoms. The van der Waals surface area contributed by atoms with Crippen LogP contribution in [0.15, 0.2) is 48.5 Å². The van der Waals surface area contributed by atoms with Gasteiger partial charge in [-0.05, 0) is 56.2 Å². The van der Waals surface area contributed by atoms with Crippen LogP contribution >= 0.6 is 11.6 Å². The van der Waals surface area contributed by atoms with Crippen molar-refractivity contribution < 1.29 is 23.4 Å². The SMILES string of the molecule is CCc1ccc(C(N)=O)c(-c2c(Cl)c(F)cc3c2C[C@@](CNC2CCC(C)(O)CC2)(c2ccccc2)O3)c1F. The molecule has 3 aromatic rings. The normalized spacial score (nSPS) is 24.3. The van der Waals surface area contributed by atoms with Crippen LogP contribution in [-0.2, 0) is 18.4 Å². The minimum Gasteiger partial charge on any atom is -0.480 e. The Kier molecular flexibility index (Phi) is 7.44. The van der Waals surface area contributed by atoms with Crippen molar-refractivity contribution in [3.05, 3.63) is 87.4 Å².